The molecule has 1 aliphatic heterocycles. The molecule has 0 atom stereocenters. The lowest BCUT2D eigenvalue weighted by molar-refractivity contribution is -0.131. The molecule has 2 amide bonds. The molecular weight excluding hydrogens is 346 g/mol. The Bertz CT molecular complexity index is 666. The van der Waals surface area contributed by atoms with Gasteiger partial charge in [0.1, 0.15) is 5.54 Å². The molecule has 0 bridgehead atoms. The van der Waals surface area contributed by atoms with Crippen molar-refractivity contribution in [1.82, 2.24) is 25.7 Å². The Morgan fingerprint density at radius 1 is 1.24 bits per heavy atom. The van der Waals surface area contributed by atoms with Gasteiger partial charge in [0.2, 0.25) is 5.91 Å². The molecule has 1 saturated heterocycles. The van der Waals surface area contributed by atoms with Crippen LogP contribution in [-0.4, -0.2) is 47.8 Å². The van der Waals surface area contributed by atoms with Crippen LogP contribution in [0.25, 0.3) is 0 Å². The lowest BCUT2D eigenvalue weighted by Crippen LogP contribution is -2.55. The number of amides is 2. The highest BCUT2D eigenvalue weighted by molar-refractivity contribution is 5.91. The fraction of sp³-hybridized carbons (Fsp3) is 0.438. The highest BCUT2D eigenvalue weighted by Gasteiger charge is 2.41. The molecule has 2 aromatic rings. The minimum Gasteiger partial charge on any atom is -0.459 e. The molecule has 8 nitrogen and oxygen atoms in total. The number of carbonyl (C=O) groups is 2. The van der Waals surface area contributed by atoms with Crippen LogP contribution in [-0.2, 0) is 10.3 Å². The molecular formula is C16H22ClN5O3. The van der Waals surface area contributed by atoms with Crippen molar-refractivity contribution in [2.45, 2.75) is 18.4 Å². The van der Waals surface area contributed by atoms with Gasteiger partial charge in [0.15, 0.2) is 5.76 Å². The average Bonchev–Trinajstić information content (AvgIpc) is 3.32. The molecule has 0 aromatic carbocycles. The predicted octanol–water partition coefficient (Wildman–Crippen LogP) is 0.523. The molecule has 1 aliphatic rings. The Morgan fingerprint density at radius 3 is 2.64 bits per heavy atom. The maximum absolute atomic E-state index is 12.8. The summed E-state index contributed by atoms with van der Waals surface area (Å²) in [5.74, 6) is -0.106. The fourth-order valence-corrected chi connectivity index (χ4v) is 2.93. The standard InChI is InChI=1S/C16H21N5O3.ClH/c22-14(13-3-1-12-24-13)18-9-10-19-15(23)16(4-7-17-8-5-16)21-11-2-6-20-21;/h1-3,6,11-12,17H,4-5,7-10H2,(H,18,22)(H,19,23);1H. The summed E-state index contributed by atoms with van der Waals surface area (Å²) in [6.07, 6.45) is 6.31. The topological polar surface area (TPSA) is 101 Å². The third-order valence-corrected chi connectivity index (χ3v) is 4.24. The van der Waals surface area contributed by atoms with E-state index >= 15 is 0 Å². The van der Waals surface area contributed by atoms with E-state index in [0.717, 1.165) is 13.1 Å². The number of furan rings is 1. The van der Waals surface area contributed by atoms with Crippen LogP contribution in [0.15, 0.2) is 41.3 Å². The van der Waals surface area contributed by atoms with Gasteiger partial charge in [0.05, 0.1) is 6.26 Å². The van der Waals surface area contributed by atoms with Crippen LogP contribution < -0.4 is 16.0 Å². The number of hydrogen-bond acceptors (Lipinski definition) is 5. The number of carbonyl (C=O) groups excluding carboxylic acids is 2. The first kappa shape index (κ1) is 19.0. The van der Waals surface area contributed by atoms with Crippen LogP contribution in [0, 0.1) is 0 Å². The van der Waals surface area contributed by atoms with E-state index in [-0.39, 0.29) is 30.0 Å². The maximum Gasteiger partial charge on any atom is 0.287 e. The highest BCUT2D eigenvalue weighted by atomic mass is 35.5. The second-order valence-electron chi connectivity index (χ2n) is 5.72. The summed E-state index contributed by atoms with van der Waals surface area (Å²) in [4.78, 5) is 24.5. The second-order valence-corrected chi connectivity index (χ2v) is 5.72. The zero-order valence-corrected chi connectivity index (χ0v) is 14.6. The number of nitrogens with zero attached hydrogens (tertiary/aromatic N) is 2. The number of aromatic nitrogens is 2. The van der Waals surface area contributed by atoms with E-state index in [4.69, 9.17) is 4.42 Å². The number of nitrogens with one attached hydrogen (secondary N) is 3. The molecule has 0 radical (unpaired) electrons. The van der Waals surface area contributed by atoms with Crippen molar-refractivity contribution in [3.8, 4) is 0 Å². The van der Waals surface area contributed by atoms with Gasteiger partial charge < -0.3 is 20.4 Å². The Kier molecular flexibility index (Phi) is 6.60. The summed E-state index contributed by atoms with van der Waals surface area (Å²) >= 11 is 0. The van der Waals surface area contributed by atoms with Gasteiger partial charge >= 0.3 is 0 Å². The SMILES string of the molecule is Cl.O=C(NCCNC(=O)C1(n2cccn2)CCNCC1)c1ccco1. The minimum atomic E-state index is -0.667. The van der Waals surface area contributed by atoms with Gasteiger partial charge in [-0.15, -0.1) is 12.4 Å². The van der Waals surface area contributed by atoms with Crippen molar-refractivity contribution in [3.63, 3.8) is 0 Å². The van der Waals surface area contributed by atoms with Crippen molar-refractivity contribution in [2.75, 3.05) is 26.2 Å². The Hall–Kier alpha value is -2.32. The molecule has 0 aliphatic carbocycles. The summed E-state index contributed by atoms with van der Waals surface area (Å²) in [6, 6.07) is 5.07. The van der Waals surface area contributed by atoms with Gasteiger partial charge in [-0.3, -0.25) is 14.3 Å². The molecule has 2 aromatic heterocycles. The Morgan fingerprint density at radius 2 is 2.00 bits per heavy atom. The lowest BCUT2D eigenvalue weighted by Gasteiger charge is -2.36. The van der Waals surface area contributed by atoms with Crippen molar-refractivity contribution in [2.24, 2.45) is 0 Å². The molecule has 1 fully saturated rings. The number of halogens is 1. The second kappa shape index (κ2) is 8.68. The average molecular weight is 368 g/mol. The van der Waals surface area contributed by atoms with Crippen LogP contribution in [0.1, 0.15) is 23.4 Å². The van der Waals surface area contributed by atoms with Crippen LogP contribution >= 0.6 is 12.4 Å². The van der Waals surface area contributed by atoms with Gasteiger partial charge in [0.25, 0.3) is 5.91 Å². The van der Waals surface area contributed by atoms with Crippen molar-refractivity contribution < 1.29 is 14.0 Å². The van der Waals surface area contributed by atoms with Gasteiger partial charge in [-0.1, -0.05) is 0 Å². The molecule has 25 heavy (non-hydrogen) atoms. The lowest BCUT2D eigenvalue weighted by atomic mass is 9.87. The van der Waals surface area contributed by atoms with Crippen LogP contribution in [0.3, 0.4) is 0 Å². The number of rotatable bonds is 6. The van der Waals surface area contributed by atoms with E-state index < -0.39 is 5.54 Å². The van der Waals surface area contributed by atoms with Crippen LogP contribution in [0.4, 0.5) is 0 Å². The fourth-order valence-electron chi connectivity index (χ4n) is 2.93. The maximum atomic E-state index is 12.8. The highest BCUT2D eigenvalue weighted by Crippen LogP contribution is 2.26. The molecule has 3 rings (SSSR count). The number of piperidine rings is 1. The van der Waals surface area contributed by atoms with Gasteiger partial charge in [-0.2, -0.15) is 5.10 Å². The van der Waals surface area contributed by atoms with Crippen molar-refractivity contribution in [3.05, 3.63) is 42.6 Å². The summed E-state index contributed by atoms with van der Waals surface area (Å²) in [5.41, 5.74) is -0.667. The van der Waals surface area contributed by atoms with Gasteiger partial charge in [-0.25, -0.2) is 0 Å². The molecule has 0 saturated carbocycles. The first-order chi connectivity index (χ1) is 11.7. The molecule has 3 N–H and O–H groups in total. The summed E-state index contributed by atoms with van der Waals surface area (Å²) in [5, 5.41) is 13.2. The molecule has 9 heteroatoms. The van der Waals surface area contributed by atoms with Crippen molar-refractivity contribution >= 4 is 24.2 Å². The number of hydrogen-bond donors (Lipinski definition) is 3. The first-order valence-corrected chi connectivity index (χ1v) is 8.03. The molecule has 3 heterocycles. The van der Waals surface area contributed by atoms with E-state index in [9.17, 15) is 9.59 Å². The third-order valence-electron chi connectivity index (χ3n) is 4.24. The Balaban J connectivity index is 0.00000225. The van der Waals surface area contributed by atoms with E-state index in [2.05, 4.69) is 21.0 Å². The van der Waals surface area contributed by atoms with Gasteiger partial charge in [-0.05, 0) is 44.1 Å². The summed E-state index contributed by atoms with van der Waals surface area (Å²) in [7, 11) is 0. The summed E-state index contributed by atoms with van der Waals surface area (Å²) < 4.78 is 6.76. The largest absolute Gasteiger partial charge is 0.459 e. The quantitative estimate of drug-likeness (QED) is 0.646. The van der Waals surface area contributed by atoms with Crippen molar-refractivity contribution in [1.29, 1.82) is 0 Å². The monoisotopic (exact) mass is 367 g/mol. The normalized spacial score (nSPS) is 15.8. The molecule has 0 spiro atoms. The van der Waals surface area contributed by atoms with E-state index in [1.54, 1.807) is 23.0 Å². The smallest absolute Gasteiger partial charge is 0.287 e. The van der Waals surface area contributed by atoms with E-state index in [1.807, 2.05) is 12.3 Å². The zero-order chi connectivity index (χ0) is 16.8. The minimum absolute atomic E-state index is 0. The van der Waals surface area contributed by atoms with Gasteiger partial charge in [0, 0.05) is 25.5 Å². The molecule has 136 valence electrons. The predicted molar refractivity (Wildman–Crippen MR) is 93.6 cm³/mol. The van der Waals surface area contributed by atoms with Crippen LogP contribution in [0.2, 0.25) is 0 Å². The first-order valence-electron chi connectivity index (χ1n) is 8.03. The van der Waals surface area contributed by atoms with E-state index in [0.29, 0.717) is 25.9 Å². The molecule has 0 unspecified atom stereocenters. The Labute approximate surface area is 151 Å². The third kappa shape index (κ3) is 4.21. The van der Waals surface area contributed by atoms with E-state index in [1.165, 1.54) is 6.26 Å². The summed E-state index contributed by atoms with van der Waals surface area (Å²) in [6.45, 7) is 2.21. The zero-order valence-electron chi connectivity index (χ0n) is 13.7. The van der Waals surface area contributed by atoms with Crippen LogP contribution in [0.5, 0.6) is 0 Å².